The van der Waals surface area contributed by atoms with E-state index in [2.05, 4.69) is 14.7 Å². The highest BCUT2D eigenvalue weighted by molar-refractivity contribution is 7.89. The van der Waals surface area contributed by atoms with E-state index < -0.39 is 10.0 Å². The maximum Gasteiger partial charge on any atom is 0.257 e. The second kappa shape index (κ2) is 9.71. The number of carbonyl (C=O) groups is 1. The number of ether oxygens (including phenoxy) is 1. The molecule has 0 saturated carbocycles. The Morgan fingerprint density at radius 1 is 1.06 bits per heavy atom. The molecule has 4 rings (SSSR count). The van der Waals surface area contributed by atoms with Crippen molar-refractivity contribution in [2.75, 3.05) is 50.8 Å². The van der Waals surface area contributed by atoms with Gasteiger partial charge in [-0.2, -0.15) is 0 Å². The summed E-state index contributed by atoms with van der Waals surface area (Å²) in [5, 5.41) is 0. The molecule has 10 heteroatoms. The van der Waals surface area contributed by atoms with E-state index in [1.165, 1.54) is 0 Å². The topological polar surface area (TPSA) is 105 Å². The Morgan fingerprint density at radius 2 is 1.77 bits per heavy atom. The number of hydrogen-bond acceptors (Lipinski definition) is 7. The van der Waals surface area contributed by atoms with Gasteiger partial charge in [-0.25, -0.2) is 23.1 Å². The molecule has 3 heterocycles. The van der Waals surface area contributed by atoms with Crippen LogP contribution in [0.5, 0.6) is 0 Å². The molecule has 1 aromatic heterocycles. The molecule has 2 saturated heterocycles. The molecule has 0 unspecified atom stereocenters. The molecule has 31 heavy (non-hydrogen) atoms. The van der Waals surface area contributed by atoms with Crippen LogP contribution in [0.3, 0.4) is 0 Å². The minimum Gasteiger partial charge on any atom is -0.378 e. The standard InChI is InChI=1S/C21H27N5O4S/c27-20(25-10-4-5-11-25)18-16-22-21(26-12-14-30-15-13-26)24-19(18)8-9-23-31(28,29)17-6-2-1-3-7-17/h1-3,6-7,16,23H,4-5,8-15H2. The smallest absolute Gasteiger partial charge is 0.257 e. The average molecular weight is 446 g/mol. The Morgan fingerprint density at radius 3 is 2.48 bits per heavy atom. The van der Waals surface area contributed by atoms with Crippen LogP contribution in [0, 0.1) is 0 Å². The van der Waals surface area contributed by atoms with Crippen LogP contribution in [-0.4, -0.2) is 75.1 Å². The minimum atomic E-state index is -3.63. The highest BCUT2D eigenvalue weighted by atomic mass is 32.2. The zero-order valence-corrected chi connectivity index (χ0v) is 18.2. The monoisotopic (exact) mass is 445 g/mol. The van der Waals surface area contributed by atoms with Crippen LogP contribution >= 0.6 is 0 Å². The Bertz CT molecular complexity index is 1000. The Balaban J connectivity index is 1.53. The SMILES string of the molecule is O=C(c1cnc(N2CCOCC2)nc1CCNS(=O)(=O)c1ccccc1)N1CCCC1. The summed E-state index contributed by atoms with van der Waals surface area (Å²) < 4.78 is 33.0. The fraction of sp³-hybridized carbons (Fsp3) is 0.476. The normalized spacial score (nSPS) is 17.2. The van der Waals surface area contributed by atoms with E-state index in [9.17, 15) is 13.2 Å². The maximum atomic E-state index is 13.0. The number of aromatic nitrogens is 2. The van der Waals surface area contributed by atoms with Gasteiger partial charge in [0.25, 0.3) is 5.91 Å². The molecule has 1 N–H and O–H groups in total. The van der Waals surface area contributed by atoms with Crippen molar-refractivity contribution in [2.24, 2.45) is 0 Å². The van der Waals surface area contributed by atoms with Gasteiger partial charge in [0.1, 0.15) is 0 Å². The van der Waals surface area contributed by atoms with Gasteiger partial charge in [0.2, 0.25) is 16.0 Å². The number of morpholine rings is 1. The van der Waals surface area contributed by atoms with Gasteiger partial charge in [-0.15, -0.1) is 0 Å². The van der Waals surface area contributed by atoms with Gasteiger partial charge in [-0.05, 0) is 25.0 Å². The molecule has 1 amide bonds. The third-order valence-electron chi connectivity index (χ3n) is 5.48. The molecule has 1 aromatic carbocycles. The van der Waals surface area contributed by atoms with Crippen LogP contribution in [0.15, 0.2) is 41.4 Å². The van der Waals surface area contributed by atoms with Crippen molar-refractivity contribution in [3.05, 3.63) is 47.8 Å². The lowest BCUT2D eigenvalue weighted by Crippen LogP contribution is -2.38. The number of nitrogens with zero attached hydrogens (tertiary/aromatic N) is 4. The Kier molecular flexibility index (Phi) is 6.79. The van der Waals surface area contributed by atoms with Gasteiger partial charge in [0, 0.05) is 45.3 Å². The van der Waals surface area contributed by atoms with E-state index in [0.29, 0.717) is 49.9 Å². The second-order valence-electron chi connectivity index (χ2n) is 7.59. The molecule has 0 atom stereocenters. The molecule has 2 aromatic rings. The quantitative estimate of drug-likeness (QED) is 0.680. The summed E-state index contributed by atoms with van der Waals surface area (Å²) >= 11 is 0. The molecule has 0 aliphatic carbocycles. The number of anilines is 1. The van der Waals surface area contributed by atoms with Crippen molar-refractivity contribution in [1.82, 2.24) is 19.6 Å². The van der Waals surface area contributed by atoms with E-state index in [4.69, 9.17) is 4.74 Å². The van der Waals surface area contributed by atoms with Crippen LogP contribution in [0.1, 0.15) is 28.9 Å². The lowest BCUT2D eigenvalue weighted by atomic mass is 10.1. The molecule has 0 radical (unpaired) electrons. The molecule has 0 bridgehead atoms. The second-order valence-corrected chi connectivity index (χ2v) is 9.36. The first kappa shape index (κ1) is 21.7. The molecule has 166 valence electrons. The minimum absolute atomic E-state index is 0.0908. The summed E-state index contributed by atoms with van der Waals surface area (Å²) in [6.45, 7) is 4.15. The predicted octanol–water partition coefficient (Wildman–Crippen LogP) is 1.07. The zero-order valence-electron chi connectivity index (χ0n) is 17.4. The van der Waals surface area contributed by atoms with Crippen molar-refractivity contribution in [3.8, 4) is 0 Å². The van der Waals surface area contributed by atoms with Gasteiger partial charge < -0.3 is 14.5 Å². The van der Waals surface area contributed by atoms with Gasteiger partial charge in [-0.3, -0.25) is 4.79 Å². The lowest BCUT2D eigenvalue weighted by Gasteiger charge is -2.27. The summed E-state index contributed by atoms with van der Waals surface area (Å²) in [4.78, 5) is 26.1. The van der Waals surface area contributed by atoms with Gasteiger partial charge >= 0.3 is 0 Å². The first-order valence-corrected chi connectivity index (χ1v) is 12.1. The van der Waals surface area contributed by atoms with Crippen molar-refractivity contribution in [2.45, 2.75) is 24.2 Å². The van der Waals surface area contributed by atoms with Crippen molar-refractivity contribution in [3.63, 3.8) is 0 Å². The predicted molar refractivity (Wildman–Crippen MR) is 116 cm³/mol. The van der Waals surface area contributed by atoms with Crippen LogP contribution in [-0.2, 0) is 21.2 Å². The third-order valence-corrected chi connectivity index (χ3v) is 6.96. The largest absolute Gasteiger partial charge is 0.378 e. The van der Waals surface area contributed by atoms with Gasteiger partial charge in [0.05, 0.1) is 29.4 Å². The van der Waals surface area contributed by atoms with Crippen LogP contribution < -0.4 is 9.62 Å². The Labute approximate surface area is 182 Å². The summed E-state index contributed by atoms with van der Waals surface area (Å²) in [7, 11) is -3.63. The van der Waals surface area contributed by atoms with Crippen molar-refractivity contribution >= 4 is 21.9 Å². The average Bonchev–Trinajstić information content (AvgIpc) is 3.35. The summed E-state index contributed by atoms with van der Waals surface area (Å²) in [6, 6.07) is 8.22. The molecule has 2 aliphatic heterocycles. The molecule has 2 aliphatic rings. The molecule has 9 nitrogen and oxygen atoms in total. The zero-order chi connectivity index (χ0) is 21.7. The number of amides is 1. The number of rotatable bonds is 7. The first-order chi connectivity index (χ1) is 15.0. The third kappa shape index (κ3) is 5.20. The van der Waals surface area contributed by atoms with Gasteiger partial charge in [-0.1, -0.05) is 18.2 Å². The van der Waals surface area contributed by atoms with Crippen LogP contribution in [0.25, 0.3) is 0 Å². The highest BCUT2D eigenvalue weighted by Gasteiger charge is 2.25. The number of hydrogen-bond donors (Lipinski definition) is 1. The van der Waals surface area contributed by atoms with E-state index >= 15 is 0 Å². The fourth-order valence-electron chi connectivity index (χ4n) is 3.77. The molecule has 0 spiro atoms. The summed E-state index contributed by atoms with van der Waals surface area (Å²) in [5.41, 5.74) is 1.00. The molecular formula is C21H27N5O4S. The fourth-order valence-corrected chi connectivity index (χ4v) is 4.82. The number of likely N-dealkylation sites (tertiary alicyclic amines) is 1. The Hall–Kier alpha value is -2.56. The van der Waals surface area contributed by atoms with Gasteiger partial charge in [0.15, 0.2) is 0 Å². The van der Waals surface area contributed by atoms with Crippen molar-refractivity contribution < 1.29 is 17.9 Å². The highest BCUT2D eigenvalue weighted by Crippen LogP contribution is 2.18. The number of carbonyl (C=O) groups excluding carboxylic acids is 1. The van der Waals surface area contributed by atoms with E-state index in [1.807, 2.05) is 9.80 Å². The summed E-state index contributed by atoms with van der Waals surface area (Å²) in [5.74, 6) is 0.453. The number of nitrogens with one attached hydrogen (secondary N) is 1. The van der Waals surface area contributed by atoms with E-state index in [1.54, 1.807) is 36.5 Å². The first-order valence-electron chi connectivity index (χ1n) is 10.6. The van der Waals surface area contributed by atoms with Crippen LogP contribution in [0.2, 0.25) is 0 Å². The molecule has 2 fully saturated rings. The summed E-state index contributed by atoms with van der Waals surface area (Å²) in [6.07, 6.45) is 3.86. The number of sulfonamides is 1. The lowest BCUT2D eigenvalue weighted by molar-refractivity contribution is 0.0790. The van der Waals surface area contributed by atoms with E-state index in [0.717, 1.165) is 25.9 Å². The van der Waals surface area contributed by atoms with E-state index in [-0.39, 0.29) is 17.3 Å². The molecular weight excluding hydrogens is 418 g/mol. The maximum absolute atomic E-state index is 13.0. The van der Waals surface area contributed by atoms with Crippen molar-refractivity contribution in [1.29, 1.82) is 0 Å². The van der Waals surface area contributed by atoms with Crippen LogP contribution in [0.4, 0.5) is 5.95 Å². The number of benzene rings is 1.